The number of ether oxygens (including phenoxy) is 1. The normalized spacial score (nSPS) is 19.6. The minimum absolute atomic E-state index is 0.124. The van der Waals surface area contributed by atoms with E-state index in [1.165, 1.54) is 13.2 Å². The Kier molecular flexibility index (Phi) is 3.41. The van der Waals surface area contributed by atoms with E-state index < -0.39 is 5.82 Å². The molecular weight excluding hydrogens is 235 g/mol. The molecule has 4 nitrogen and oxygen atoms in total. The molecule has 0 saturated heterocycles. The van der Waals surface area contributed by atoms with Gasteiger partial charge < -0.3 is 15.4 Å². The van der Waals surface area contributed by atoms with Crippen LogP contribution in [0.15, 0.2) is 12.1 Å². The van der Waals surface area contributed by atoms with Crippen molar-refractivity contribution in [1.82, 2.24) is 0 Å². The van der Waals surface area contributed by atoms with Crippen LogP contribution in [0.25, 0.3) is 0 Å². The number of hydrogen-bond acceptors (Lipinski definition) is 3. The van der Waals surface area contributed by atoms with Crippen molar-refractivity contribution in [2.45, 2.75) is 26.3 Å². The Hall–Kier alpha value is -1.78. The zero-order chi connectivity index (χ0) is 13.3. The molecule has 1 aliphatic rings. The first kappa shape index (κ1) is 12.7. The lowest BCUT2D eigenvalue weighted by Crippen LogP contribution is -2.43. The topological polar surface area (TPSA) is 50.4 Å². The van der Waals surface area contributed by atoms with E-state index in [-0.39, 0.29) is 23.6 Å². The van der Waals surface area contributed by atoms with Gasteiger partial charge in [0.1, 0.15) is 6.04 Å². The number of fused-ring (bicyclic) bond motifs is 1. The molecule has 0 aliphatic carbocycles. The van der Waals surface area contributed by atoms with Gasteiger partial charge in [-0.2, -0.15) is 0 Å². The molecule has 0 saturated carbocycles. The molecule has 1 aromatic rings. The highest BCUT2D eigenvalue weighted by Gasteiger charge is 2.30. The van der Waals surface area contributed by atoms with Gasteiger partial charge in [0, 0.05) is 12.1 Å². The first-order chi connectivity index (χ1) is 8.56. The van der Waals surface area contributed by atoms with Crippen molar-refractivity contribution >= 4 is 17.3 Å². The Balaban J connectivity index is 2.35. The fourth-order valence-corrected chi connectivity index (χ4v) is 2.01. The first-order valence-electron chi connectivity index (χ1n) is 6.01. The fourth-order valence-electron chi connectivity index (χ4n) is 2.01. The monoisotopic (exact) mass is 252 g/mol. The van der Waals surface area contributed by atoms with Crippen LogP contribution in [0.3, 0.4) is 0 Å². The zero-order valence-electron chi connectivity index (χ0n) is 10.7. The van der Waals surface area contributed by atoms with E-state index in [9.17, 15) is 9.18 Å². The summed E-state index contributed by atoms with van der Waals surface area (Å²) in [4.78, 5) is 11.9. The van der Waals surface area contributed by atoms with Gasteiger partial charge >= 0.3 is 0 Å². The number of rotatable bonds is 3. The average Bonchev–Trinajstić information content (AvgIpc) is 2.36. The van der Waals surface area contributed by atoms with Gasteiger partial charge in [0.05, 0.1) is 18.5 Å². The summed E-state index contributed by atoms with van der Waals surface area (Å²) in [5, 5.41) is 5.86. The predicted molar refractivity (Wildman–Crippen MR) is 68.4 cm³/mol. The maximum atomic E-state index is 13.5. The zero-order valence-corrected chi connectivity index (χ0v) is 10.7. The molecule has 1 aliphatic heterocycles. The molecule has 0 fully saturated rings. The van der Waals surface area contributed by atoms with Crippen LogP contribution in [0.4, 0.5) is 15.8 Å². The summed E-state index contributed by atoms with van der Waals surface area (Å²) in [6.45, 7) is 4.03. The number of benzene rings is 1. The smallest absolute Gasteiger partial charge is 0.247 e. The molecule has 5 heteroatoms. The second-order valence-electron chi connectivity index (χ2n) is 4.53. The number of carbonyl (C=O) groups is 1. The van der Waals surface area contributed by atoms with E-state index in [4.69, 9.17) is 4.74 Å². The van der Waals surface area contributed by atoms with Crippen LogP contribution >= 0.6 is 0 Å². The van der Waals surface area contributed by atoms with Crippen LogP contribution < -0.4 is 15.4 Å². The predicted octanol–water partition coefficient (Wildman–Crippen LogP) is 2.61. The Bertz CT molecular complexity index is 476. The molecule has 98 valence electrons. The molecule has 1 heterocycles. The van der Waals surface area contributed by atoms with Gasteiger partial charge in [-0.1, -0.05) is 20.3 Å². The van der Waals surface area contributed by atoms with Crippen LogP contribution in [0.1, 0.15) is 20.3 Å². The molecule has 0 spiro atoms. The lowest BCUT2D eigenvalue weighted by atomic mass is 9.96. The number of halogens is 1. The molecule has 2 rings (SSSR count). The van der Waals surface area contributed by atoms with Crippen LogP contribution in [-0.2, 0) is 4.79 Å². The quantitative estimate of drug-likeness (QED) is 0.869. The van der Waals surface area contributed by atoms with Crippen molar-refractivity contribution in [2.24, 2.45) is 5.92 Å². The molecule has 2 unspecified atom stereocenters. The van der Waals surface area contributed by atoms with Gasteiger partial charge in [0.25, 0.3) is 0 Å². The maximum absolute atomic E-state index is 13.5. The van der Waals surface area contributed by atoms with Crippen molar-refractivity contribution in [1.29, 1.82) is 0 Å². The van der Waals surface area contributed by atoms with E-state index in [1.807, 2.05) is 13.8 Å². The molecule has 2 N–H and O–H groups in total. The van der Waals surface area contributed by atoms with Crippen molar-refractivity contribution in [2.75, 3.05) is 17.7 Å². The molecule has 1 aromatic carbocycles. The first-order valence-corrected chi connectivity index (χ1v) is 6.01. The standard InChI is InChI=1S/C13H17FN2O2/c1-4-7(2)12-13(17)16-9-5-8(14)11(18-3)6-10(9)15-12/h5-7,12,15H,4H2,1-3H3,(H,16,17). The van der Waals surface area contributed by atoms with E-state index in [1.54, 1.807) is 6.07 Å². The number of nitrogens with one attached hydrogen (secondary N) is 2. The fraction of sp³-hybridized carbons (Fsp3) is 0.462. The summed E-state index contributed by atoms with van der Waals surface area (Å²) in [6, 6.07) is 2.54. The van der Waals surface area contributed by atoms with Gasteiger partial charge in [0.2, 0.25) is 5.91 Å². The second-order valence-corrected chi connectivity index (χ2v) is 4.53. The third kappa shape index (κ3) is 2.12. The maximum Gasteiger partial charge on any atom is 0.247 e. The number of hydrogen-bond donors (Lipinski definition) is 2. The molecule has 0 aromatic heterocycles. The third-order valence-corrected chi connectivity index (χ3v) is 3.36. The Morgan fingerprint density at radius 3 is 2.78 bits per heavy atom. The van der Waals surface area contributed by atoms with Gasteiger partial charge in [0.15, 0.2) is 11.6 Å². The summed E-state index contributed by atoms with van der Waals surface area (Å²) in [7, 11) is 1.42. The van der Waals surface area contributed by atoms with E-state index in [0.29, 0.717) is 11.4 Å². The molecule has 0 radical (unpaired) electrons. The third-order valence-electron chi connectivity index (χ3n) is 3.36. The highest BCUT2D eigenvalue weighted by molar-refractivity contribution is 6.03. The summed E-state index contributed by atoms with van der Waals surface area (Å²) in [6.07, 6.45) is 0.888. The van der Waals surface area contributed by atoms with Gasteiger partial charge in [-0.05, 0) is 5.92 Å². The van der Waals surface area contributed by atoms with Gasteiger partial charge in [-0.25, -0.2) is 4.39 Å². The minimum Gasteiger partial charge on any atom is -0.494 e. The van der Waals surface area contributed by atoms with E-state index >= 15 is 0 Å². The summed E-state index contributed by atoms with van der Waals surface area (Å²) < 4.78 is 18.5. The number of anilines is 2. The van der Waals surface area contributed by atoms with Crippen molar-refractivity contribution in [3.05, 3.63) is 17.9 Å². The largest absolute Gasteiger partial charge is 0.494 e. The van der Waals surface area contributed by atoms with Crippen LogP contribution in [0, 0.1) is 11.7 Å². The number of amides is 1. The highest BCUT2D eigenvalue weighted by atomic mass is 19.1. The van der Waals surface area contributed by atoms with Crippen LogP contribution in [0.2, 0.25) is 0 Å². The van der Waals surface area contributed by atoms with Crippen LogP contribution in [0.5, 0.6) is 5.75 Å². The van der Waals surface area contributed by atoms with Gasteiger partial charge in [-0.3, -0.25) is 4.79 Å². The molecule has 2 atom stereocenters. The highest BCUT2D eigenvalue weighted by Crippen LogP contribution is 2.34. The summed E-state index contributed by atoms with van der Waals surface area (Å²) in [5.41, 5.74) is 1.15. The lowest BCUT2D eigenvalue weighted by molar-refractivity contribution is -0.118. The molecule has 18 heavy (non-hydrogen) atoms. The minimum atomic E-state index is -0.486. The van der Waals surface area contributed by atoms with Crippen molar-refractivity contribution < 1.29 is 13.9 Å². The Labute approximate surface area is 106 Å². The summed E-state index contributed by atoms with van der Waals surface area (Å²) in [5.74, 6) is -0.240. The molecule has 0 bridgehead atoms. The van der Waals surface area contributed by atoms with E-state index in [2.05, 4.69) is 10.6 Å². The summed E-state index contributed by atoms with van der Waals surface area (Å²) >= 11 is 0. The second kappa shape index (κ2) is 4.84. The van der Waals surface area contributed by atoms with Gasteiger partial charge in [-0.15, -0.1) is 0 Å². The Morgan fingerprint density at radius 2 is 2.17 bits per heavy atom. The lowest BCUT2D eigenvalue weighted by Gasteiger charge is -2.30. The number of carbonyl (C=O) groups excluding carboxylic acids is 1. The van der Waals surface area contributed by atoms with Crippen molar-refractivity contribution in [3.63, 3.8) is 0 Å². The number of methoxy groups -OCH3 is 1. The van der Waals surface area contributed by atoms with E-state index in [0.717, 1.165) is 6.42 Å². The molecule has 1 amide bonds. The van der Waals surface area contributed by atoms with Crippen molar-refractivity contribution in [3.8, 4) is 5.75 Å². The Morgan fingerprint density at radius 1 is 1.44 bits per heavy atom. The molecular formula is C13H17FN2O2. The average molecular weight is 252 g/mol. The van der Waals surface area contributed by atoms with Crippen LogP contribution in [-0.4, -0.2) is 19.1 Å². The SMILES string of the molecule is CCC(C)C1Nc2cc(OC)c(F)cc2NC1=O.